The highest BCUT2D eigenvalue weighted by molar-refractivity contribution is 6.33. The fourth-order valence-corrected chi connectivity index (χ4v) is 2.53. The molecule has 0 aromatic carbocycles. The first kappa shape index (κ1) is 11.9. The molecule has 1 saturated heterocycles. The summed E-state index contributed by atoms with van der Waals surface area (Å²) in [5.41, 5.74) is 0.531. The summed E-state index contributed by atoms with van der Waals surface area (Å²) in [5, 5.41) is 0.414. The van der Waals surface area contributed by atoms with E-state index in [1.807, 2.05) is 4.90 Å². The molecule has 96 valence electrons. The van der Waals surface area contributed by atoms with E-state index in [0.717, 1.165) is 0 Å². The Kier molecular flexibility index (Phi) is 3.22. The van der Waals surface area contributed by atoms with Crippen molar-refractivity contribution in [2.24, 2.45) is 5.92 Å². The normalized spacial score (nSPS) is 24.1. The maximum atomic E-state index is 12.4. The first-order chi connectivity index (χ1) is 8.75. The summed E-state index contributed by atoms with van der Waals surface area (Å²) in [4.78, 5) is 18.1. The van der Waals surface area contributed by atoms with Crippen molar-refractivity contribution in [2.75, 3.05) is 19.7 Å². The average Bonchev–Trinajstić information content (AvgIpc) is 3.23. The van der Waals surface area contributed by atoms with E-state index in [1.54, 1.807) is 12.3 Å². The van der Waals surface area contributed by atoms with Crippen LogP contribution in [0.3, 0.4) is 0 Å². The van der Waals surface area contributed by atoms with Crippen molar-refractivity contribution < 1.29 is 9.53 Å². The van der Waals surface area contributed by atoms with Gasteiger partial charge in [0, 0.05) is 25.5 Å². The van der Waals surface area contributed by atoms with Crippen LogP contribution in [0.5, 0.6) is 0 Å². The maximum Gasteiger partial charge on any atom is 0.255 e. The van der Waals surface area contributed by atoms with Gasteiger partial charge in [0.2, 0.25) is 0 Å². The minimum atomic E-state index is -0.0173. The Labute approximate surface area is 111 Å². The van der Waals surface area contributed by atoms with E-state index < -0.39 is 0 Å². The fourth-order valence-electron chi connectivity index (χ4n) is 2.33. The van der Waals surface area contributed by atoms with Gasteiger partial charge < -0.3 is 9.64 Å². The number of amides is 1. The molecule has 4 nitrogen and oxygen atoms in total. The lowest BCUT2D eigenvalue weighted by Crippen LogP contribution is -2.46. The van der Waals surface area contributed by atoms with Crippen molar-refractivity contribution in [3.8, 4) is 0 Å². The van der Waals surface area contributed by atoms with E-state index >= 15 is 0 Å². The molecule has 2 aliphatic rings. The van der Waals surface area contributed by atoms with Crippen LogP contribution >= 0.6 is 11.6 Å². The molecule has 1 aromatic heterocycles. The monoisotopic (exact) mass is 266 g/mol. The Morgan fingerprint density at radius 3 is 3.06 bits per heavy atom. The molecule has 1 amide bonds. The topological polar surface area (TPSA) is 42.4 Å². The van der Waals surface area contributed by atoms with Crippen molar-refractivity contribution in [3.63, 3.8) is 0 Å². The van der Waals surface area contributed by atoms with Crippen LogP contribution in [0, 0.1) is 5.92 Å². The van der Waals surface area contributed by atoms with Crippen LogP contribution in [0.25, 0.3) is 0 Å². The Morgan fingerprint density at radius 1 is 1.50 bits per heavy atom. The number of nitrogens with zero attached hydrogens (tertiary/aromatic N) is 2. The molecule has 18 heavy (non-hydrogen) atoms. The van der Waals surface area contributed by atoms with Crippen LogP contribution in [0.2, 0.25) is 5.02 Å². The lowest BCUT2D eigenvalue weighted by atomic mass is 10.1. The van der Waals surface area contributed by atoms with Gasteiger partial charge in [0.1, 0.15) is 0 Å². The molecule has 3 rings (SSSR count). The highest BCUT2D eigenvalue weighted by Gasteiger charge is 2.36. The molecule has 0 spiro atoms. The second-order valence-corrected chi connectivity index (χ2v) is 5.26. The molecule has 2 heterocycles. The Morgan fingerprint density at radius 2 is 2.33 bits per heavy atom. The molecule has 0 radical (unpaired) electrons. The number of carbonyl (C=O) groups excluding carboxylic acids is 1. The number of morpholine rings is 1. The molecule has 1 saturated carbocycles. The summed E-state index contributed by atoms with van der Waals surface area (Å²) < 4.78 is 5.71. The van der Waals surface area contributed by atoms with Crippen LogP contribution < -0.4 is 0 Å². The van der Waals surface area contributed by atoms with Crippen molar-refractivity contribution in [3.05, 3.63) is 29.0 Å². The number of rotatable bonds is 2. The minimum absolute atomic E-state index is 0.0173. The third-order valence-electron chi connectivity index (χ3n) is 3.53. The third kappa shape index (κ3) is 2.35. The standard InChI is InChI=1S/C13H15ClN2O2/c14-11-7-15-4-3-10(11)13(17)16-5-6-18-12(8-16)9-1-2-9/h3-4,7,9,12H,1-2,5-6,8H2. The molecule has 1 aromatic rings. The van der Waals surface area contributed by atoms with Crippen LogP contribution in [0.4, 0.5) is 0 Å². The zero-order valence-electron chi connectivity index (χ0n) is 10.0. The van der Waals surface area contributed by atoms with E-state index in [0.29, 0.717) is 36.2 Å². The average molecular weight is 267 g/mol. The second kappa shape index (κ2) is 4.86. The molecule has 1 aliphatic carbocycles. The summed E-state index contributed by atoms with van der Waals surface area (Å²) in [6.07, 6.45) is 5.76. The quantitative estimate of drug-likeness (QED) is 0.822. The summed E-state index contributed by atoms with van der Waals surface area (Å²) in [6.45, 7) is 1.94. The lowest BCUT2D eigenvalue weighted by molar-refractivity contribution is -0.0313. The number of hydrogen-bond donors (Lipinski definition) is 0. The predicted molar refractivity (Wildman–Crippen MR) is 67.6 cm³/mol. The van der Waals surface area contributed by atoms with Crippen LogP contribution in [0.1, 0.15) is 23.2 Å². The largest absolute Gasteiger partial charge is 0.374 e. The van der Waals surface area contributed by atoms with Crippen molar-refractivity contribution in [1.82, 2.24) is 9.88 Å². The number of aromatic nitrogens is 1. The van der Waals surface area contributed by atoms with Crippen LogP contribution in [0.15, 0.2) is 18.5 Å². The van der Waals surface area contributed by atoms with Gasteiger partial charge in [-0.3, -0.25) is 9.78 Å². The molecule has 1 unspecified atom stereocenters. The summed E-state index contributed by atoms with van der Waals surface area (Å²) in [6, 6.07) is 1.67. The van der Waals surface area contributed by atoms with E-state index in [2.05, 4.69) is 4.98 Å². The van der Waals surface area contributed by atoms with Gasteiger partial charge in [-0.15, -0.1) is 0 Å². The summed E-state index contributed by atoms with van der Waals surface area (Å²) in [5.74, 6) is 0.630. The van der Waals surface area contributed by atoms with E-state index in [-0.39, 0.29) is 12.0 Å². The molecular weight excluding hydrogens is 252 g/mol. The minimum Gasteiger partial charge on any atom is -0.374 e. The van der Waals surface area contributed by atoms with Gasteiger partial charge in [-0.05, 0) is 24.8 Å². The van der Waals surface area contributed by atoms with Gasteiger partial charge in [-0.25, -0.2) is 0 Å². The number of halogens is 1. The van der Waals surface area contributed by atoms with Crippen molar-refractivity contribution in [2.45, 2.75) is 18.9 Å². The maximum absolute atomic E-state index is 12.4. The van der Waals surface area contributed by atoms with E-state index in [4.69, 9.17) is 16.3 Å². The van der Waals surface area contributed by atoms with Crippen molar-refractivity contribution >= 4 is 17.5 Å². The molecule has 0 bridgehead atoms. The van der Waals surface area contributed by atoms with Crippen LogP contribution in [-0.2, 0) is 4.74 Å². The van der Waals surface area contributed by atoms with Crippen molar-refractivity contribution in [1.29, 1.82) is 0 Å². The number of pyridine rings is 1. The Hall–Kier alpha value is -1.13. The highest BCUT2D eigenvalue weighted by Crippen LogP contribution is 2.36. The summed E-state index contributed by atoms with van der Waals surface area (Å²) >= 11 is 6.01. The molecule has 1 atom stereocenters. The lowest BCUT2D eigenvalue weighted by Gasteiger charge is -2.33. The zero-order chi connectivity index (χ0) is 12.5. The van der Waals surface area contributed by atoms with E-state index in [9.17, 15) is 4.79 Å². The molecule has 0 N–H and O–H groups in total. The molecule has 1 aliphatic heterocycles. The molecule has 5 heteroatoms. The number of ether oxygens (including phenoxy) is 1. The van der Waals surface area contributed by atoms with Gasteiger partial charge in [0.15, 0.2) is 0 Å². The summed E-state index contributed by atoms with van der Waals surface area (Å²) in [7, 11) is 0. The van der Waals surface area contributed by atoms with Gasteiger partial charge in [-0.2, -0.15) is 0 Å². The SMILES string of the molecule is O=C(c1ccncc1Cl)N1CCOC(C2CC2)C1. The highest BCUT2D eigenvalue weighted by atomic mass is 35.5. The first-order valence-corrected chi connectivity index (χ1v) is 6.64. The van der Waals surface area contributed by atoms with Gasteiger partial charge in [-0.1, -0.05) is 11.6 Å². The van der Waals surface area contributed by atoms with E-state index in [1.165, 1.54) is 19.0 Å². The predicted octanol–water partition coefficient (Wildman–Crippen LogP) is 1.99. The van der Waals surface area contributed by atoms with Gasteiger partial charge in [0.05, 0.1) is 23.3 Å². The number of carbonyl (C=O) groups is 1. The fraction of sp³-hybridized carbons (Fsp3) is 0.538. The molecule has 2 fully saturated rings. The zero-order valence-corrected chi connectivity index (χ0v) is 10.8. The van der Waals surface area contributed by atoms with Gasteiger partial charge >= 0.3 is 0 Å². The second-order valence-electron chi connectivity index (χ2n) is 4.85. The van der Waals surface area contributed by atoms with Gasteiger partial charge in [0.25, 0.3) is 5.91 Å². The Bertz CT molecular complexity index is 462. The number of hydrogen-bond acceptors (Lipinski definition) is 3. The Balaban J connectivity index is 1.73. The van der Waals surface area contributed by atoms with Crippen LogP contribution in [-0.4, -0.2) is 41.6 Å². The molecular formula is C13H15ClN2O2. The smallest absolute Gasteiger partial charge is 0.255 e. The first-order valence-electron chi connectivity index (χ1n) is 6.26. The third-order valence-corrected chi connectivity index (χ3v) is 3.83.